The van der Waals surface area contributed by atoms with Gasteiger partial charge >= 0.3 is 0 Å². The van der Waals surface area contributed by atoms with E-state index in [4.69, 9.17) is 4.74 Å². The summed E-state index contributed by atoms with van der Waals surface area (Å²) in [5.41, 5.74) is -0.405. The number of ether oxygens (including phenoxy) is 1. The number of benzene rings is 1. The molecular formula is C15H22N2O4. The Kier molecular flexibility index (Phi) is 5.01. The standard InChI is InChI=1S/C15H22N2O4/c1-21-12-6-7-14(17(19)20)13(10-12)16-11-15(18)8-4-2-3-5-9-15/h6-7,10,16,18H,2-5,8-9,11H2,1H3. The second kappa shape index (κ2) is 6.76. The molecular weight excluding hydrogens is 272 g/mol. The third-order valence-corrected chi connectivity index (χ3v) is 4.04. The third kappa shape index (κ3) is 4.07. The van der Waals surface area contributed by atoms with E-state index in [-0.39, 0.29) is 5.69 Å². The largest absolute Gasteiger partial charge is 0.497 e. The molecule has 1 aliphatic rings. The molecule has 0 bridgehead atoms. The molecule has 6 nitrogen and oxygen atoms in total. The maximum Gasteiger partial charge on any atom is 0.292 e. The summed E-state index contributed by atoms with van der Waals surface area (Å²) < 4.78 is 5.10. The Labute approximate surface area is 124 Å². The zero-order chi connectivity index (χ0) is 15.3. The topological polar surface area (TPSA) is 84.6 Å². The summed E-state index contributed by atoms with van der Waals surface area (Å²) in [6.07, 6.45) is 5.75. The van der Waals surface area contributed by atoms with Crippen LogP contribution in [0.15, 0.2) is 18.2 Å². The van der Waals surface area contributed by atoms with E-state index in [1.807, 2.05) is 0 Å². The molecule has 0 atom stereocenters. The van der Waals surface area contributed by atoms with E-state index in [2.05, 4.69) is 5.32 Å². The molecule has 0 heterocycles. The minimum absolute atomic E-state index is 0.00646. The number of hydrogen-bond acceptors (Lipinski definition) is 5. The number of aliphatic hydroxyl groups is 1. The Balaban J connectivity index is 2.12. The summed E-state index contributed by atoms with van der Waals surface area (Å²) >= 11 is 0. The highest BCUT2D eigenvalue weighted by molar-refractivity contribution is 5.64. The highest BCUT2D eigenvalue weighted by atomic mass is 16.6. The summed E-state index contributed by atoms with van der Waals surface area (Å²) in [4.78, 5) is 10.6. The first-order valence-electron chi connectivity index (χ1n) is 7.33. The van der Waals surface area contributed by atoms with Gasteiger partial charge in [0.2, 0.25) is 0 Å². The van der Waals surface area contributed by atoms with Crippen molar-refractivity contribution < 1.29 is 14.8 Å². The number of hydrogen-bond donors (Lipinski definition) is 2. The Morgan fingerprint density at radius 3 is 2.57 bits per heavy atom. The number of nitro groups is 1. The minimum Gasteiger partial charge on any atom is -0.497 e. The Morgan fingerprint density at radius 2 is 2.00 bits per heavy atom. The van der Waals surface area contributed by atoms with Crippen LogP contribution in [-0.2, 0) is 0 Å². The smallest absolute Gasteiger partial charge is 0.292 e. The lowest BCUT2D eigenvalue weighted by Crippen LogP contribution is -2.36. The predicted molar refractivity (Wildman–Crippen MR) is 80.8 cm³/mol. The van der Waals surface area contributed by atoms with E-state index in [9.17, 15) is 15.2 Å². The van der Waals surface area contributed by atoms with Crippen LogP contribution < -0.4 is 10.1 Å². The normalized spacial score (nSPS) is 17.8. The summed E-state index contributed by atoms with van der Waals surface area (Å²) in [6.45, 7) is 0.320. The molecule has 0 unspecified atom stereocenters. The average molecular weight is 294 g/mol. The lowest BCUT2D eigenvalue weighted by atomic mass is 9.94. The Hall–Kier alpha value is -1.82. The molecule has 0 radical (unpaired) electrons. The molecule has 0 aromatic heterocycles. The van der Waals surface area contributed by atoms with E-state index < -0.39 is 10.5 Å². The van der Waals surface area contributed by atoms with Gasteiger partial charge in [0, 0.05) is 18.7 Å². The second-order valence-electron chi connectivity index (χ2n) is 5.63. The number of nitrogens with zero attached hydrogens (tertiary/aromatic N) is 1. The van der Waals surface area contributed by atoms with Crippen molar-refractivity contribution in [1.82, 2.24) is 0 Å². The van der Waals surface area contributed by atoms with Crippen LogP contribution in [0.5, 0.6) is 5.75 Å². The van der Waals surface area contributed by atoms with Gasteiger partial charge in [0.25, 0.3) is 5.69 Å². The first-order valence-corrected chi connectivity index (χ1v) is 7.33. The summed E-state index contributed by atoms with van der Waals surface area (Å²) in [5, 5.41) is 24.7. The van der Waals surface area contributed by atoms with Gasteiger partial charge in [-0.25, -0.2) is 0 Å². The van der Waals surface area contributed by atoms with Gasteiger partial charge in [-0.05, 0) is 18.9 Å². The van der Waals surface area contributed by atoms with Crippen molar-refractivity contribution in [2.75, 3.05) is 19.0 Å². The molecule has 2 N–H and O–H groups in total. The van der Waals surface area contributed by atoms with Crippen molar-refractivity contribution in [1.29, 1.82) is 0 Å². The zero-order valence-corrected chi connectivity index (χ0v) is 12.3. The molecule has 0 saturated heterocycles. The Morgan fingerprint density at radius 1 is 1.33 bits per heavy atom. The number of nitro benzene ring substituents is 1. The highest BCUT2D eigenvalue weighted by Gasteiger charge is 2.28. The van der Waals surface area contributed by atoms with E-state index >= 15 is 0 Å². The van der Waals surface area contributed by atoms with Crippen molar-refractivity contribution in [2.45, 2.75) is 44.1 Å². The van der Waals surface area contributed by atoms with Crippen LogP contribution in [0.2, 0.25) is 0 Å². The summed E-state index contributed by atoms with van der Waals surface area (Å²) in [7, 11) is 1.52. The van der Waals surface area contributed by atoms with Gasteiger partial charge in [0.15, 0.2) is 0 Å². The maximum atomic E-state index is 11.1. The molecule has 1 aromatic rings. The summed E-state index contributed by atoms with van der Waals surface area (Å²) in [5.74, 6) is 0.552. The van der Waals surface area contributed by atoms with Crippen molar-refractivity contribution in [2.24, 2.45) is 0 Å². The lowest BCUT2D eigenvalue weighted by Gasteiger charge is -2.27. The zero-order valence-electron chi connectivity index (χ0n) is 12.3. The van der Waals surface area contributed by atoms with Crippen LogP contribution in [0.3, 0.4) is 0 Å². The molecule has 21 heavy (non-hydrogen) atoms. The highest BCUT2D eigenvalue weighted by Crippen LogP contribution is 2.31. The van der Waals surface area contributed by atoms with E-state index in [0.717, 1.165) is 38.5 Å². The van der Waals surface area contributed by atoms with Gasteiger partial charge < -0.3 is 15.2 Å². The molecule has 2 rings (SSSR count). The number of rotatable bonds is 5. The first-order chi connectivity index (χ1) is 10.0. The van der Waals surface area contributed by atoms with Crippen molar-refractivity contribution in [3.8, 4) is 5.75 Å². The van der Waals surface area contributed by atoms with Crippen LogP contribution >= 0.6 is 0 Å². The molecule has 1 aliphatic carbocycles. The molecule has 6 heteroatoms. The van der Waals surface area contributed by atoms with Crippen LogP contribution in [0.25, 0.3) is 0 Å². The summed E-state index contributed by atoms with van der Waals surface area (Å²) in [6, 6.07) is 4.57. The molecule has 1 saturated carbocycles. The van der Waals surface area contributed by atoms with Gasteiger partial charge in [-0.15, -0.1) is 0 Å². The van der Waals surface area contributed by atoms with Gasteiger partial charge in [0.1, 0.15) is 11.4 Å². The quantitative estimate of drug-likeness (QED) is 0.495. The van der Waals surface area contributed by atoms with Crippen LogP contribution in [0.1, 0.15) is 38.5 Å². The molecule has 0 aliphatic heterocycles. The molecule has 0 spiro atoms. The third-order valence-electron chi connectivity index (χ3n) is 4.04. The minimum atomic E-state index is -0.784. The van der Waals surface area contributed by atoms with Crippen LogP contribution in [-0.4, -0.2) is 29.3 Å². The number of methoxy groups -OCH3 is 1. The van der Waals surface area contributed by atoms with Gasteiger partial charge in [-0.1, -0.05) is 25.7 Å². The van der Waals surface area contributed by atoms with Crippen molar-refractivity contribution in [3.63, 3.8) is 0 Å². The first kappa shape index (κ1) is 15.6. The monoisotopic (exact) mass is 294 g/mol. The van der Waals surface area contributed by atoms with Crippen molar-refractivity contribution in [3.05, 3.63) is 28.3 Å². The maximum absolute atomic E-state index is 11.1. The molecule has 1 aromatic carbocycles. The fraction of sp³-hybridized carbons (Fsp3) is 0.600. The lowest BCUT2D eigenvalue weighted by molar-refractivity contribution is -0.384. The van der Waals surface area contributed by atoms with E-state index in [1.54, 1.807) is 12.1 Å². The average Bonchev–Trinajstić information content (AvgIpc) is 2.70. The van der Waals surface area contributed by atoms with E-state index in [0.29, 0.717) is 18.0 Å². The van der Waals surface area contributed by atoms with Gasteiger partial charge in [0.05, 0.1) is 17.6 Å². The van der Waals surface area contributed by atoms with Crippen LogP contribution in [0.4, 0.5) is 11.4 Å². The van der Waals surface area contributed by atoms with Gasteiger partial charge in [-0.2, -0.15) is 0 Å². The molecule has 1 fully saturated rings. The Bertz CT molecular complexity index is 496. The van der Waals surface area contributed by atoms with E-state index in [1.165, 1.54) is 13.2 Å². The fourth-order valence-electron chi connectivity index (χ4n) is 2.77. The fourth-order valence-corrected chi connectivity index (χ4v) is 2.77. The predicted octanol–water partition coefficient (Wildman–Crippen LogP) is 3.10. The second-order valence-corrected chi connectivity index (χ2v) is 5.63. The van der Waals surface area contributed by atoms with Gasteiger partial charge in [-0.3, -0.25) is 10.1 Å². The SMILES string of the molecule is COc1ccc([N+](=O)[O-])c(NCC2(O)CCCCCC2)c1. The molecule has 0 amide bonds. The van der Waals surface area contributed by atoms with Crippen LogP contribution in [0, 0.1) is 10.1 Å². The molecule has 116 valence electrons. The van der Waals surface area contributed by atoms with Crippen molar-refractivity contribution >= 4 is 11.4 Å². The number of anilines is 1. The number of nitrogens with one attached hydrogen (secondary N) is 1.